The second kappa shape index (κ2) is 31.0. The van der Waals surface area contributed by atoms with E-state index in [1.54, 1.807) is 0 Å². The third-order valence-electron chi connectivity index (χ3n) is 9.73. The first-order valence-electron chi connectivity index (χ1n) is 20.2. The van der Waals surface area contributed by atoms with E-state index in [-0.39, 0.29) is 12.8 Å². The van der Waals surface area contributed by atoms with Crippen molar-refractivity contribution in [2.45, 2.75) is 210 Å². The summed E-state index contributed by atoms with van der Waals surface area (Å²) in [6, 6.07) is -1.18. The standard InChI is InChI=1S/C40H75NO10/c1-3-5-7-9-11-13-14-15-16-17-18-20-22-24-26-28-33(44)39(49)41-31(30-50-40-38(48)37(47)36(46)34(29-42)51-40)35(45)32(43)27-25-23-21-19-12-10-8-6-4-2/h16-17,19,21,31-38,40,42-48H,3-15,18,20,22-30H2,1-2H3,(H,41,49)/b17-16-,21-19+. The van der Waals surface area contributed by atoms with Gasteiger partial charge in [-0.3, -0.25) is 4.79 Å². The number of aliphatic hydroxyl groups is 7. The summed E-state index contributed by atoms with van der Waals surface area (Å²) in [5.74, 6) is -0.719. The van der Waals surface area contributed by atoms with E-state index in [1.165, 1.54) is 64.2 Å². The Bertz CT molecular complexity index is 887. The normalized spacial score (nSPS) is 23.5. The van der Waals surface area contributed by atoms with Gasteiger partial charge in [0.25, 0.3) is 0 Å². The second-order valence-electron chi connectivity index (χ2n) is 14.3. The molecule has 0 saturated carbocycles. The van der Waals surface area contributed by atoms with Crippen LogP contribution in [-0.2, 0) is 14.3 Å². The lowest BCUT2D eigenvalue weighted by molar-refractivity contribution is -0.303. The van der Waals surface area contributed by atoms with Gasteiger partial charge in [-0.1, -0.05) is 115 Å². The van der Waals surface area contributed by atoms with E-state index >= 15 is 0 Å². The molecule has 51 heavy (non-hydrogen) atoms. The fraction of sp³-hybridized carbons (Fsp3) is 0.875. The number of carbonyl (C=O) groups is 1. The molecule has 0 radical (unpaired) electrons. The predicted octanol–water partition coefficient (Wildman–Crippen LogP) is 5.10. The number of unbranched alkanes of at least 4 members (excludes halogenated alkanes) is 16. The van der Waals surface area contributed by atoms with Crippen LogP contribution in [0.4, 0.5) is 0 Å². The van der Waals surface area contributed by atoms with E-state index in [4.69, 9.17) is 9.47 Å². The minimum Gasteiger partial charge on any atom is -0.394 e. The maximum absolute atomic E-state index is 13.0. The second-order valence-corrected chi connectivity index (χ2v) is 14.3. The number of ether oxygens (including phenoxy) is 2. The molecule has 0 spiro atoms. The summed E-state index contributed by atoms with van der Waals surface area (Å²) in [6.07, 6.45) is 19.7. The number of hydrogen-bond acceptors (Lipinski definition) is 10. The van der Waals surface area contributed by atoms with Gasteiger partial charge in [0.2, 0.25) is 5.91 Å². The quantitative estimate of drug-likeness (QED) is 0.0342. The highest BCUT2D eigenvalue weighted by Crippen LogP contribution is 2.23. The third-order valence-corrected chi connectivity index (χ3v) is 9.73. The molecule has 1 amide bonds. The Hall–Kier alpha value is -1.41. The molecule has 1 saturated heterocycles. The first-order chi connectivity index (χ1) is 24.7. The van der Waals surface area contributed by atoms with Crippen molar-refractivity contribution in [3.8, 4) is 0 Å². The maximum atomic E-state index is 13.0. The number of amides is 1. The topological polar surface area (TPSA) is 189 Å². The molecule has 1 fully saturated rings. The molecule has 8 N–H and O–H groups in total. The molecule has 9 unspecified atom stereocenters. The first kappa shape index (κ1) is 47.6. The molecule has 0 aromatic heterocycles. The molecule has 0 aliphatic carbocycles. The first-order valence-corrected chi connectivity index (χ1v) is 20.2. The highest BCUT2D eigenvalue weighted by Gasteiger charge is 2.44. The number of allylic oxidation sites excluding steroid dienone is 4. The van der Waals surface area contributed by atoms with Crippen molar-refractivity contribution >= 4 is 5.91 Å². The zero-order chi connectivity index (χ0) is 37.7. The summed E-state index contributed by atoms with van der Waals surface area (Å²) >= 11 is 0. The summed E-state index contributed by atoms with van der Waals surface area (Å²) < 4.78 is 11.0. The van der Waals surface area contributed by atoms with Gasteiger partial charge in [-0.25, -0.2) is 0 Å². The molecule has 1 heterocycles. The largest absolute Gasteiger partial charge is 0.394 e. The Morgan fingerprint density at radius 2 is 1.16 bits per heavy atom. The number of nitrogens with one attached hydrogen (secondary N) is 1. The predicted molar refractivity (Wildman–Crippen MR) is 201 cm³/mol. The maximum Gasteiger partial charge on any atom is 0.249 e. The van der Waals surface area contributed by atoms with E-state index in [0.717, 1.165) is 51.4 Å². The fourth-order valence-corrected chi connectivity index (χ4v) is 6.26. The molecule has 0 bridgehead atoms. The van der Waals surface area contributed by atoms with Crippen LogP contribution in [0.2, 0.25) is 0 Å². The van der Waals surface area contributed by atoms with Gasteiger partial charge in [-0.15, -0.1) is 0 Å². The summed E-state index contributed by atoms with van der Waals surface area (Å²) in [5, 5.41) is 75.1. The van der Waals surface area contributed by atoms with Crippen molar-refractivity contribution in [1.82, 2.24) is 5.32 Å². The van der Waals surface area contributed by atoms with Crippen LogP contribution < -0.4 is 5.32 Å². The molecule has 1 aliphatic rings. The molecule has 11 heteroatoms. The van der Waals surface area contributed by atoms with Gasteiger partial charge in [0, 0.05) is 0 Å². The average molecular weight is 730 g/mol. The lowest BCUT2D eigenvalue weighted by atomic mass is 9.98. The van der Waals surface area contributed by atoms with Crippen LogP contribution in [0.1, 0.15) is 155 Å². The summed E-state index contributed by atoms with van der Waals surface area (Å²) in [5.41, 5.74) is 0. The van der Waals surface area contributed by atoms with Gasteiger partial charge in [-0.2, -0.15) is 0 Å². The highest BCUT2D eigenvalue weighted by molar-refractivity contribution is 5.80. The summed E-state index contributed by atoms with van der Waals surface area (Å²) in [4.78, 5) is 13.0. The number of carbonyl (C=O) groups excluding carboxylic acids is 1. The van der Waals surface area contributed by atoms with Crippen molar-refractivity contribution in [1.29, 1.82) is 0 Å². The van der Waals surface area contributed by atoms with Crippen molar-refractivity contribution < 1.29 is 50.0 Å². The lowest BCUT2D eigenvalue weighted by Crippen LogP contribution is -2.60. The molecule has 0 aromatic carbocycles. The van der Waals surface area contributed by atoms with E-state index < -0.39 is 74.2 Å². The molecule has 9 atom stereocenters. The van der Waals surface area contributed by atoms with Crippen molar-refractivity contribution in [2.75, 3.05) is 13.2 Å². The molecule has 11 nitrogen and oxygen atoms in total. The van der Waals surface area contributed by atoms with Crippen molar-refractivity contribution in [2.24, 2.45) is 0 Å². The van der Waals surface area contributed by atoms with Gasteiger partial charge in [0.1, 0.15) is 36.6 Å². The van der Waals surface area contributed by atoms with Crippen LogP contribution in [-0.4, -0.2) is 110 Å². The van der Waals surface area contributed by atoms with Gasteiger partial charge >= 0.3 is 0 Å². The Labute approximate surface area is 308 Å². The van der Waals surface area contributed by atoms with E-state index in [1.807, 2.05) is 0 Å². The SMILES string of the molecule is CCCCCC/C=C/CCCC(O)C(O)C(COC1OC(CO)C(O)C(O)C1O)NC(=O)C(O)CCCCCC/C=C\CCCCCCCCC. The average Bonchev–Trinajstić information content (AvgIpc) is 3.13. The van der Waals surface area contributed by atoms with Crippen molar-refractivity contribution in [3.63, 3.8) is 0 Å². The number of aliphatic hydroxyl groups excluding tert-OH is 7. The van der Waals surface area contributed by atoms with Crippen LogP contribution in [0.3, 0.4) is 0 Å². The molecular formula is C40H75NO10. The summed E-state index contributed by atoms with van der Waals surface area (Å²) in [7, 11) is 0. The third kappa shape index (κ3) is 21.8. The summed E-state index contributed by atoms with van der Waals surface area (Å²) in [6.45, 7) is 3.34. The van der Waals surface area contributed by atoms with Gasteiger partial charge in [-0.05, 0) is 64.2 Å². The van der Waals surface area contributed by atoms with E-state index in [9.17, 15) is 40.5 Å². The Morgan fingerprint density at radius 3 is 1.71 bits per heavy atom. The Kier molecular flexibility index (Phi) is 28.9. The highest BCUT2D eigenvalue weighted by atomic mass is 16.7. The van der Waals surface area contributed by atoms with E-state index in [0.29, 0.717) is 12.8 Å². The minimum atomic E-state index is -1.67. The van der Waals surface area contributed by atoms with Crippen LogP contribution in [0.5, 0.6) is 0 Å². The number of hydrogen-bond donors (Lipinski definition) is 8. The fourth-order valence-electron chi connectivity index (χ4n) is 6.26. The molecule has 1 aliphatic heterocycles. The van der Waals surface area contributed by atoms with Crippen LogP contribution in [0, 0.1) is 0 Å². The smallest absolute Gasteiger partial charge is 0.249 e. The lowest BCUT2D eigenvalue weighted by Gasteiger charge is -2.40. The zero-order valence-electron chi connectivity index (χ0n) is 31.8. The van der Waals surface area contributed by atoms with Crippen LogP contribution in [0.25, 0.3) is 0 Å². The number of rotatable bonds is 32. The molecule has 300 valence electrons. The van der Waals surface area contributed by atoms with E-state index in [2.05, 4.69) is 43.5 Å². The van der Waals surface area contributed by atoms with Crippen LogP contribution in [0.15, 0.2) is 24.3 Å². The zero-order valence-corrected chi connectivity index (χ0v) is 31.8. The van der Waals surface area contributed by atoms with Gasteiger partial charge in [0.15, 0.2) is 6.29 Å². The molecule has 0 aromatic rings. The van der Waals surface area contributed by atoms with Gasteiger partial charge in [0.05, 0.1) is 25.4 Å². The van der Waals surface area contributed by atoms with Crippen LogP contribution >= 0.6 is 0 Å². The molecule has 1 rings (SSSR count). The minimum absolute atomic E-state index is 0.240. The monoisotopic (exact) mass is 730 g/mol. The van der Waals surface area contributed by atoms with Crippen molar-refractivity contribution in [3.05, 3.63) is 24.3 Å². The Balaban J connectivity index is 2.55. The molecular weight excluding hydrogens is 654 g/mol. The van der Waals surface area contributed by atoms with Gasteiger partial charge < -0.3 is 50.5 Å². The Morgan fingerprint density at radius 1 is 0.667 bits per heavy atom.